The molecule has 1 saturated heterocycles. The largest absolute Gasteiger partial charge is 0.393 e. The Morgan fingerprint density at radius 2 is 2.25 bits per heavy atom. The number of hydrogen-bond donors (Lipinski definition) is 1. The Bertz CT molecular complexity index is 177. The lowest BCUT2D eigenvalue weighted by atomic mass is 10.0. The predicted octanol–water partition coefficient (Wildman–Crippen LogP) is 1.08. The molecular weight excluding hydrogens is 156 g/mol. The van der Waals surface area contributed by atoms with E-state index in [0.717, 1.165) is 0 Å². The molecular formula is C9H16O3. The Labute approximate surface area is 73.0 Å². The number of rotatable bonds is 3. The van der Waals surface area contributed by atoms with Crippen molar-refractivity contribution in [3.05, 3.63) is 12.7 Å². The van der Waals surface area contributed by atoms with E-state index in [-0.39, 0.29) is 6.61 Å². The zero-order chi connectivity index (χ0) is 9.24. The van der Waals surface area contributed by atoms with Crippen LogP contribution in [0.5, 0.6) is 0 Å². The van der Waals surface area contributed by atoms with E-state index in [9.17, 15) is 0 Å². The van der Waals surface area contributed by atoms with Crippen LogP contribution in [0.15, 0.2) is 12.7 Å². The van der Waals surface area contributed by atoms with Crippen LogP contribution in [-0.2, 0) is 9.47 Å². The van der Waals surface area contributed by atoms with Crippen LogP contribution in [0.25, 0.3) is 0 Å². The molecule has 1 heterocycles. The maximum atomic E-state index is 9.13. The van der Waals surface area contributed by atoms with Crippen molar-refractivity contribution in [2.45, 2.75) is 31.7 Å². The average Bonchev–Trinajstić information content (AvgIpc) is 2.29. The fourth-order valence-electron chi connectivity index (χ4n) is 1.39. The van der Waals surface area contributed by atoms with Crippen LogP contribution in [0.3, 0.4) is 0 Å². The summed E-state index contributed by atoms with van der Waals surface area (Å²) < 4.78 is 11.0. The minimum Gasteiger partial charge on any atom is -0.393 e. The molecule has 3 nitrogen and oxygen atoms in total. The van der Waals surface area contributed by atoms with Gasteiger partial charge in [0.25, 0.3) is 0 Å². The zero-order valence-electron chi connectivity index (χ0n) is 7.67. The summed E-state index contributed by atoms with van der Waals surface area (Å²) in [4.78, 5) is 0. The molecule has 0 saturated carbocycles. The van der Waals surface area contributed by atoms with Gasteiger partial charge in [-0.3, -0.25) is 0 Å². The van der Waals surface area contributed by atoms with Gasteiger partial charge in [-0.25, -0.2) is 0 Å². The van der Waals surface area contributed by atoms with Gasteiger partial charge >= 0.3 is 0 Å². The standard InChI is InChI=1S/C9H16O3/c1-4-5-9(6-10)7-11-8(2,3)12-9/h4,10H,1,5-7H2,2-3H3. The first-order valence-electron chi connectivity index (χ1n) is 4.09. The van der Waals surface area contributed by atoms with Gasteiger partial charge in [0.05, 0.1) is 13.2 Å². The normalized spacial score (nSPS) is 33.6. The van der Waals surface area contributed by atoms with Gasteiger partial charge in [-0.05, 0) is 20.3 Å². The summed E-state index contributed by atoms with van der Waals surface area (Å²) in [6.45, 7) is 7.71. The fourth-order valence-corrected chi connectivity index (χ4v) is 1.39. The Kier molecular flexibility index (Phi) is 2.56. The van der Waals surface area contributed by atoms with E-state index in [2.05, 4.69) is 6.58 Å². The average molecular weight is 172 g/mol. The van der Waals surface area contributed by atoms with E-state index in [1.165, 1.54) is 0 Å². The summed E-state index contributed by atoms with van der Waals surface area (Å²) in [6, 6.07) is 0. The zero-order valence-corrected chi connectivity index (χ0v) is 7.67. The van der Waals surface area contributed by atoms with Crippen molar-refractivity contribution < 1.29 is 14.6 Å². The molecule has 1 aliphatic rings. The van der Waals surface area contributed by atoms with Gasteiger partial charge in [0.1, 0.15) is 5.60 Å². The molecule has 1 atom stereocenters. The first kappa shape index (κ1) is 9.71. The van der Waals surface area contributed by atoms with Gasteiger partial charge < -0.3 is 14.6 Å². The number of ether oxygens (including phenoxy) is 2. The third kappa shape index (κ3) is 1.86. The predicted molar refractivity (Wildman–Crippen MR) is 45.7 cm³/mol. The maximum absolute atomic E-state index is 9.13. The summed E-state index contributed by atoms with van der Waals surface area (Å²) in [5, 5.41) is 9.13. The van der Waals surface area contributed by atoms with Gasteiger partial charge in [-0.15, -0.1) is 6.58 Å². The number of hydrogen-bond acceptors (Lipinski definition) is 3. The molecule has 0 amide bonds. The fraction of sp³-hybridized carbons (Fsp3) is 0.778. The van der Waals surface area contributed by atoms with Crippen LogP contribution in [0.4, 0.5) is 0 Å². The molecule has 1 aliphatic heterocycles. The van der Waals surface area contributed by atoms with Crippen LogP contribution < -0.4 is 0 Å². The third-order valence-corrected chi connectivity index (χ3v) is 1.95. The maximum Gasteiger partial charge on any atom is 0.163 e. The molecule has 1 unspecified atom stereocenters. The monoisotopic (exact) mass is 172 g/mol. The van der Waals surface area contributed by atoms with E-state index in [1.54, 1.807) is 6.08 Å². The van der Waals surface area contributed by atoms with E-state index in [1.807, 2.05) is 13.8 Å². The SMILES string of the molecule is C=CCC1(CO)COC(C)(C)O1. The lowest BCUT2D eigenvalue weighted by Crippen LogP contribution is -2.37. The summed E-state index contributed by atoms with van der Waals surface area (Å²) in [5.74, 6) is -0.578. The molecule has 3 heteroatoms. The van der Waals surface area contributed by atoms with E-state index >= 15 is 0 Å². The third-order valence-electron chi connectivity index (χ3n) is 1.95. The second kappa shape index (κ2) is 3.17. The molecule has 70 valence electrons. The van der Waals surface area contributed by atoms with Crippen LogP contribution in [0.1, 0.15) is 20.3 Å². The Balaban J connectivity index is 2.65. The van der Waals surface area contributed by atoms with Gasteiger partial charge in [0, 0.05) is 0 Å². The highest BCUT2D eigenvalue weighted by molar-refractivity contribution is 4.92. The second-order valence-corrected chi connectivity index (χ2v) is 3.62. The van der Waals surface area contributed by atoms with Crippen molar-refractivity contribution in [1.82, 2.24) is 0 Å². The molecule has 0 bridgehead atoms. The summed E-state index contributed by atoms with van der Waals surface area (Å²) in [5.41, 5.74) is -0.564. The van der Waals surface area contributed by atoms with E-state index in [4.69, 9.17) is 14.6 Å². The van der Waals surface area contributed by atoms with Crippen molar-refractivity contribution >= 4 is 0 Å². The summed E-state index contributed by atoms with van der Waals surface area (Å²) in [7, 11) is 0. The first-order valence-corrected chi connectivity index (χ1v) is 4.09. The molecule has 1 rings (SSSR count). The van der Waals surface area contributed by atoms with Crippen molar-refractivity contribution in [2.75, 3.05) is 13.2 Å². The number of aliphatic hydroxyl groups is 1. The van der Waals surface area contributed by atoms with Gasteiger partial charge in [0.15, 0.2) is 5.79 Å². The van der Waals surface area contributed by atoms with E-state index in [0.29, 0.717) is 13.0 Å². The molecule has 0 aromatic rings. The van der Waals surface area contributed by atoms with Gasteiger partial charge in [-0.2, -0.15) is 0 Å². The van der Waals surface area contributed by atoms with Crippen LogP contribution >= 0.6 is 0 Å². The molecule has 0 spiro atoms. The molecule has 0 aromatic carbocycles. The van der Waals surface area contributed by atoms with Crippen LogP contribution in [0, 0.1) is 0 Å². The lowest BCUT2D eigenvalue weighted by Gasteiger charge is -2.25. The molecule has 0 aliphatic carbocycles. The Hall–Kier alpha value is -0.380. The van der Waals surface area contributed by atoms with Gasteiger partial charge in [-0.1, -0.05) is 6.08 Å². The van der Waals surface area contributed by atoms with Crippen molar-refractivity contribution in [2.24, 2.45) is 0 Å². The van der Waals surface area contributed by atoms with Crippen LogP contribution in [0.2, 0.25) is 0 Å². The molecule has 0 radical (unpaired) electrons. The summed E-state index contributed by atoms with van der Waals surface area (Å²) in [6.07, 6.45) is 2.36. The molecule has 1 N–H and O–H groups in total. The highest BCUT2D eigenvalue weighted by Gasteiger charge is 2.44. The lowest BCUT2D eigenvalue weighted by molar-refractivity contribution is -0.168. The molecule has 1 fully saturated rings. The number of aliphatic hydroxyl groups excluding tert-OH is 1. The highest BCUT2D eigenvalue weighted by Crippen LogP contribution is 2.33. The first-order chi connectivity index (χ1) is 5.54. The minimum atomic E-state index is -0.578. The minimum absolute atomic E-state index is 0.0253. The Morgan fingerprint density at radius 1 is 1.58 bits per heavy atom. The van der Waals surface area contributed by atoms with Crippen molar-refractivity contribution in [3.8, 4) is 0 Å². The van der Waals surface area contributed by atoms with Crippen molar-refractivity contribution in [1.29, 1.82) is 0 Å². The van der Waals surface area contributed by atoms with Gasteiger partial charge in [0.2, 0.25) is 0 Å². The smallest absolute Gasteiger partial charge is 0.163 e. The van der Waals surface area contributed by atoms with Crippen LogP contribution in [-0.4, -0.2) is 29.7 Å². The highest BCUT2D eigenvalue weighted by atomic mass is 16.8. The van der Waals surface area contributed by atoms with E-state index < -0.39 is 11.4 Å². The molecule has 12 heavy (non-hydrogen) atoms. The quantitative estimate of drug-likeness (QED) is 0.647. The second-order valence-electron chi connectivity index (χ2n) is 3.62. The van der Waals surface area contributed by atoms with Crippen molar-refractivity contribution in [3.63, 3.8) is 0 Å². The molecule has 0 aromatic heterocycles. The Morgan fingerprint density at radius 3 is 2.58 bits per heavy atom. The topological polar surface area (TPSA) is 38.7 Å². The summed E-state index contributed by atoms with van der Waals surface area (Å²) >= 11 is 0.